The molecule has 1 amide bonds. The van der Waals surface area contributed by atoms with E-state index in [0.29, 0.717) is 80.8 Å². The van der Waals surface area contributed by atoms with Gasteiger partial charge in [0.1, 0.15) is 17.6 Å². The number of H-pyrrole nitrogens is 1. The molecule has 3 aliphatic rings. The highest BCUT2D eigenvalue weighted by molar-refractivity contribution is 7.86. The zero-order valence-electron chi connectivity index (χ0n) is 48.3. The summed E-state index contributed by atoms with van der Waals surface area (Å²) in [5.41, 5.74) is 17.5. The van der Waals surface area contributed by atoms with Crippen LogP contribution < -0.4 is 31.6 Å². The van der Waals surface area contributed by atoms with Gasteiger partial charge in [-0.05, 0) is 164 Å². The van der Waals surface area contributed by atoms with Crippen LogP contribution in [0.3, 0.4) is 0 Å². The topological polar surface area (TPSA) is 297 Å². The molecule has 4 aromatic carbocycles. The molecule has 21 heteroatoms. The molecule has 3 heterocycles. The van der Waals surface area contributed by atoms with Crippen LogP contribution in [0.2, 0.25) is 0 Å². The number of carboxylic acid groups (broad SMARTS) is 1. The van der Waals surface area contributed by atoms with E-state index in [-0.39, 0.29) is 52.6 Å². The second kappa shape index (κ2) is 25.5. The Morgan fingerprint density at radius 1 is 0.835 bits per heavy atom. The molecule has 0 fully saturated rings. The molecule has 1 aliphatic heterocycles. The third-order valence-corrected chi connectivity index (χ3v) is 17.6. The molecule has 0 unspecified atom stereocenters. The SMILES string of the molecule is Cc1ccc2c(c1)C(C)(C)C(/C=C/C1=C(Oc3ccc(CC[C@@H](NC(=O)c4ccc(NCc5cnc6nc(N)[nH]c(=O)c6n5)cc4)C(=O)O)cc3)C(=C/C=C3/N(CCCCS(=O)(=O)O)c4ccccc4C3(C)C)/CCC1)=C2CCCCS(=O)(=O)O. The highest BCUT2D eigenvalue weighted by Crippen LogP contribution is 2.50. The van der Waals surface area contributed by atoms with Crippen LogP contribution in [0.5, 0.6) is 5.75 Å². The maximum atomic E-state index is 13.4. The number of amides is 1. The maximum absolute atomic E-state index is 13.4. The molecule has 1 atom stereocenters. The van der Waals surface area contributed by atoms with Crippen molar-refractivity contribution in [1.29, 1.82) is 0 Å². The summed E-state index contributed by atoms with van der Waals surface area (Å²) in [5, 5.41) is 16.1. The number of rotatable bonds is 24. The molecule has 446 valence electrons. The Morgan fingerprint density at radius 2 is 1.55 bits per heavy atom. The van der Waals surface area contributed by atoms with E-state index >= 15 is 0 Å². The van der Waals surface area contributed by atoms with Gasteiger partial charge in [0.25, 0.3) is 31.7 Å². The molecule has 0 saturated carbocycles. The van der Waals surface area contributed by atoms with Gasteiger partial charge in [-0.3, -0.25) is 23.7 Å². The smallest absolute Gasteiger partial charge is 0.326 e. The van der Waals surface area contributed by atoms with Gasteiger partial charge in [0.15, 0.2) is 11.2 Å². The van der Waals surface area contributed by atoms with Crippen molar-refractivity contribution in [2.24, 2.45) is 0 Å². The zero-order valence-corrected chi connectivity index (χ0v) is 49.9. The minimum atomic E-state index is -4.11. The summed E-state index contributed by atoms with van der Waals surface area (Å²) in [6.07, 6.45) is 15.1. The first-order chi connectivity index (χ1) is 40.3. The average Bonchev–Trinajstić information content (AvgIpc) is 1.68. The lowest BCUT2D eigenvalue weighted by atomic mass is 9.80. The molecule has 0 radical (unpaired) electrons. The molecule has 8 N–H and O–H groups in total. The number of nitrogens with one attached hydrogen (secondary N) is 3. The zero-order chi connectivity index (χ0) is 60.8. The number of carbonyl (C=O) groups excluding carboxylic acids is 1. The standard InChI is InChI=1S/C64H72N8O11S2/c1-40-18-30-49-48(15-8-10-35-84(77,78)79)50(63(2,3)52(49)37-40)31-24-42-13-12-14-43(25-33-55-64(4,5)51-16-6-7-17-54(51)72(55)34-9-11-36-85(80,81)82)57(42)83-47-28-19-41(20-29-47)21-32-53(61(75)76)69-59(73)44-22-26-45(27-23-44)66-38-46-39-67-58-56(68-46)60(74)71-62(65)70-58/h6-7,16-20,22-31,33,37,39,53,66H,8-15,21,32,34-36,38H2,1-5H3,(H,69,73)(H,75,76)(H,77,78,79)(H,80,81,82)(H3,65,67,70,71,74)/b31-24+,43-25+,55-33+/t53-/m1/s1. The molecule has 2 aliphatic carbocycles. The maximum Gasteiger partial charge on any atom is 0.326 e. The molecule has 0 bridgehead atoms. The lowest BCUT2D eigenvalue weighted by Crippen LogP contribution is -2.41. The second-order valence-electron chi connectivity index (χ2n) is 22.9. The van der Waals surface area contributed by atoms with Crippen molar-refractivity contribution in [3.8, 4) is 5.75 Å². The number of hydrogen-bond donors (Lipinski definition) is 7. The number of nitrogens with zero attached hydrogens (tertiary/aromatic N) is 4. The largest absolute Gasteiger partial charge is 0.480 e. The fourth-order valence-corrected chi connectivity index (χ4v) is 12.7. The van der Waals surface area contributed by atoms with Crippen LogP contribution in [0.15, 0.2) is 154 Å². The quantitative estimate of drug-likeness (QED) is 0.0219. The van der Waals surface area contributed by atoms with Gasteiger partial charge in [-0.1, -0.05) is 100 Å². The third kappa shape index (κ3) is 14.8. The Morgan fingerprint density at radius 3 is 2.27 bits per heavy atom. The van der Waals surface area contributed by atoms with Crippen molar-refractivity contribution in [1.82, 2.24) is 25.3 Å². The van der Waals surface area contributed by atoms with Crippen LogP contribution in [0.25, 0.3) is 16.7 Å². The van der Waals surface area contributed by atoms with Gasteiger partial charge in [0.05, 0.1) is 29.9 Å². The van der Waals surface area contributed by atoms with Gasteiger partial charge in [-0.2, -0.15) is 21.8 Å². The predicted molar refractivity (Wildman–Crippen MR) is 330 cm³/mol. The van der Waals surface area contributed by atoms with Crippen LogP contribution in [-0.4, -0.2) is 87.0 Å². The van der Waals surface area contributed by atoms with Gasteiger partial charge >= 0.3 is 5.97 Å². The number of ether oxygens (including phenoxy) is 1. The third-order valence-electron chi connectivity index (χ3n) is 16.0. The number of allylic oxidation sites excluding steroid dienone is 9. The Kier molecular flexibility index (Phi) is 18.4. The van der Waals surface area contributed by atoms with Gasteiger partial charge in [0, 0.05) is 40.0 Å². The first-order valence-electron chi connectivity index (χ1n) is 28.5. The minimum Gasteiger partial charge on any atom is -0.480 e. The summed E-state index contributed by atoms with van der Waals surface area (Å²) in [6.45, 7) is 11.6. The molecule has 19 nitrogen and oxygen atoms in total. The summed E-state index contributed by atoms with van der Waals surface area (Å²) in [5.74, 6) is -1.16. The number of fused-ring (bicyclic) bond motifs is 3. The van der Waals surface area contributed by atoms with Crippen LogP contribution in [0.4, 0.5) is 17.3 Å². The summed E-state index contributed by atoms with van der Waals surface area (Å²) < 4.78 is 72.6. The second-order valence-corrected chi connectivity index (χ2v) is 26.1. The highest BCUT2D eigenvalue weighted by Gasteiger charge is 2.40. The fraction of sp³-hybridized carbons (Fsp3) is 0.344. The highest BCUT2D eigenvalue weighted by atomic mass is 32.2. The summed E-state index contributed by atoms with van der Waals surface area (Å²) in [6, 6.07) is 27.4. The van der Waals surface area contributed by atoms with E-state index in [1.165, 1.54) is 11.8 Å². The molecule has 0 saturated heterocycles. The number of para-hydroxylation sites is 1. The molecule has 6 aromatic rings. The number of benzene rings is 4. The molecular weight excluding hydrogens is 1120 g/mol. The van der Waals surface area contributed by atoms with E-state index < -0.39 is 49.1 Å². The number of carboxylic acids is 1. The number of nitrogens with two attached hydrogens (primary N) is 1. The summed E-state index contributed by atoms with van der Waals surface area (Å²) in [4.78, 5) is 55.4. The van der Waals surface area contributed by atoms with E-state index in [9.17, 15) is 45.4 Å². The molecule has 0 spiro atoms. The minimum absolute atomic E-state index is 0.0505. The predicted octanol–water partition coefficient (Wildman–Crippen LogP) is 10.5. The number of aliphatic carboxylic acids is 1. The Balaban J connectivity index is 0.955. The number of aryl methyl sites for hydroxylation is 2. The van der Waals surface area contributed by atoms with E-state index in [2.05, 4.69) is 125 Å². The Labute approximate surface area is 495 Å². The lowest BCUT2D eigenvalue weighted by Gasteiger charge is -2.28. The van der Waals surface area contributed by atoms with Crippen molar-refractivity contribution in [2.75, 3.05) is 34.0 Å². The summed E-state index contributed by atoms with van der Waals surface area (Å²) >= 11 is 0. The lowest BCUT2D eigenvalue weighted by molar-refractivity contribution is -0.139. The van der Waals surface area contributed by atoms with Crippen molar-refractivity contribution in [2.45, 2.75) is 122 Å². The Bertz CT molecular complexity index is 4000. The van der Waals surface area contributed by atoms with Crippen LogP contribution in [0.1, 0.15) is 129 Å². The Hall–Kier alpha value is -8.24. The first kappa shape index (κ1) is 61.3. The van der Waals surface area contributed by atoms with Gasteiger partial charge in [-0.15, -0.1) is 0 Å². The number of anilines is 3. The van der Waals surface area contributed by atoms with Crippen LogP contribution in [0, 0.1) is 6.92 Å². The van der Waals surface area contributed by atoms with Crippen LogP contribution >= 0.6 is 0 Å². The monoisotopic (exact) mass is 1190 g/mol. The van der Waals surface area contributed by atoms with E-state index in [1.807, 2.05) is 36.4 Å². The van der Waals surface area contributed by atoms with Crippen molar-refractivity contribution >= 4 is 66.2 Å². The number of nitrogen functional groups attached to an aromatic ring is 1. The van der Waals surface area contributed by atoms with Crippen LogP contribution in [-0.2, 0) is 48.8 Å². The van der Waals surface area contributed by atoms with Gasteiger partial charge < -0.3 is 31.1 Å². The molecule has 85 heavy (non-hydrogen) atoms. The number of carbonyl (C=O) groups is 2. The van der Waals surface area contributed by atoms with Crippen molar-refractivity contribution in [3.63, 3.8) is 0 Å². The van der Waals surface area contributed by atoms with E-state index in [0.717, 1.165) is 62.4 Å². The average molecular weight is 1190 g/mol. The fourth-order valence-electron chi connectivity index (χ4n) is 11.6. The number of hydrogen-bond acceptors (Lipinski definition) is 14. The molecular formula is C64H72N8O11S2. The number of unbranched alkanes of at least 4 members (excludes halogenated alkanes) is 2. The van der Waals surface area contributed by atoms with Crippen molar-refractivity contribution < 1.29 is 45.4 Å². The molecule has 2 aromatic heterocycles. The van der Waals surface area contributed by atoms with E-state index in [1.54, 1.807) is 24.3 Å². The van der Waals surface area contributed by atoms with Crippen molar-refractivity contribution in [3.05, 3.63) is 199 Å². The molecule has 9 rings (SSSR count). The number of aromatic nitrogens is 4. The first-order valence-corrected chi connectivity index (χ1v) is 31.7. The van der Waals surface area contributed by atoms with E-state index in [4.69, 9.17) is 10.5 Å². The van der Waals surface area contributed by atoms with Gasteiger partial charge in [0.2, 0.25) is 5.95 Å². The number of aromatic amines is 1. The normalized spacial score (nSPS) is 17.0. The summed E-state index contributed by atoms with van der Waals surface area (Å²) in [7, 11) is -8.21. The van der Waals surface area contributed by atoms with Gasteiger partial charge in [-0.25, -0.2) is 14.8 Å².